The van der Waals surface area contributed by atoms with Crippen LogP contribution in [0.3, 0.4) is 0 Å². The Morgan fingerprint density at radius 3 is 2.68 bits per heavy atom. The molecule has 0 aliphatic carbocycles. The second kappa shape index (κ2) is 6.28. The third-order valence-corrected chi connectivity index (χ3v) is 4.85. The standard InChI is InChI=1S/C22H14F2N2O2/c23-18-4-3-16(22(24)17(18)12-27)15-2-6-21-25-19(11-26(21)10-15)13-1-5-20-14(9-13)7-8-28-20/h1-11,27H,12H2. The van der Waals surface area contributed by atoms with E-state index in [1.807, 2.05) is 30.5 Å². The lowest BCUT2D eigenvalue weighted by Gasteiger charge is -2.08. The van der Waals surface area contributed by atoms with Gasteiger partial charge in [0.1, 0.15) is 22.9 Å². The van der Waals surface area contributed by atoms with Crippen molar-refractivity contribution in [1.29, 1.82) is 0 Å². The molecular formula is C22H14F2N2O2. The number of nitrogens with zero attached hydrogens (tertiary/aromatic N) is 2. The Hall–Kier alpha value is -3.51. The van der Waals surface area contributed by atoms with Gasteiger partial charge in [-0.05, 0) is 48.5 Å². The molecule has 3 aromatic heterocycles. The van der Waals surface area contributed by atoms with Gasteiger partial charge in [0, 0.05) is 40.0 Å². The van der Waals surface area contributed by atoms with Crippen molar-refractivity contribution in [2.45, 2.75) is 6.61 Å². The second-order valence-electron chi connectivity index (χ2n) is 6.53. The van der Waals surface area contributed by atoms with E-state index in [2.05, 4.69) is 4.98 Å². The highest BCUT2D eigenvalue weighted by Crippen LogP contribution is 2.29. The van der Waals surface area contributed by atoms with Crippen LogP contribution in [0.2, 0.25) is 0 Å². The van der Waals surface area contributed by atoms with Crippen molar-refractivity contribution >= 4 is 16.6 Å². The summed E-state index contributed by atoms with van der Waals surface area (Å²) in [4.78, 5) is 4.62. The highest BCUT2D eigenvalue weighted by atomic mass is 19.1. The number of aromatic nitrogens is 2. The molecule has 0 aliphatic rings. The molecule has 0 fully saturated rings. The number of benzene rings is 2. The first-order chi connectivity index (χ1) is 13.6. The Labute approximate surface area is 158 Å². The fourth-order valence-corrected chi connectivity index (χ4v) is 3.38. The number of aliphatic hydroxyl groups is 1. The lowest BCUT2D eigenvalue weighted by Crippen LogP contribution is -1.98. The van der Waals surface area contributed by atoms with Crippen LogP contribution in [0.1, 0.15) is 5.56 Å². The minimum absolute atomic E-state index is 0.224. The van der Waals surface area contributed by atoms with E-state index in [9.17, 15) is 13.9 Å². The summed E-state index contributed by atoms with van der Waals surface area (Å²) in [6, 6.07) is 13.7. The number of pyridine rings is 1. The summed E-state index contributed by atoms with van der Waals surface area (Å²) in [5.74, 6) is -1.52. The molecule has 0 radical (unpaired) electrons. The molecule has 0 aliphatic heterocycles. The molecule has 0 atom stereocenters. The first-order valence-electron chi connectivity index (χ1n) is 8.68. The van der Waals surface area contributed by atoms with Crippen LogP contribution in [-0.4, -0.2) is 14.5 Å². The van der Waals surface area contributed by atoms with Crippen LogP contribution in [0.25, 0.3) is 39.0 Å². The van der Waals surface area contributed by atoms with Crippen LogP contribution >= 0.6 is 0 Å². The summed E-state index contributed by atoms with van der Waals surface area (Å²) in [6.45, 7) is -0.695. The van der Waals surface area contributed by atoms with Gasteiger partial charge in [0.05, 0.1) is 18.6 Å². The van der Waals surface area contributed by atoms with Crippen molar-refractivity contribution in [3.8, 4) is 22.4 Å². The molecule has 0 saturated carbocycles. The van der Waals surface area contributed by atoms with Crippen LogP contribution in [0.5, 0.6) is 0 Å². The van der Waals surface area contributed by atoms with Gasteiger partial charge in [0.2, 0.25) is 0 Å². The summed E-state index contributed by atoms with van der Waals surface area (Å²) in [5.41, 5.74) is 3.68. The van der Waals surface area contributed by atoms with E-state index in [0.717, 1.165) is 28.3 Å². The van der Waals surface area contributed by atoms with Gasteiger partial charge in [0.25, 0.3) is 0 Å². The molecule has 4 nitrogen and oxygen atoms in total. The molecule has 28 heavy (non-hydrogen) atoms. The monoisotopic (exact) mass is 376 g/mol. The Balaban J connectivity index is 1.61. The molecule has 0 amide bonds. The lowest BCUT2D eigenvalue weighted by molar-refractivity contribution is 0.269. The smallest absolute Gasteiger partial charge is 0.139 e. The van der Waals surface area contributed by atoms with Gasteiger partial charge in [-0.15, -0.1) is 0 Å². The number of hydrogen-bond acceptors (Lipinski definition) is 3. The quantitative estimate of drug-likeness (QED) is 0.472. The molecule has 1 N–H and O–H groups in total. The van der Waals surface area contributed by atoms with Crippen LogP contribution in [-0.2, 0) is 6.61 Å². The number of fused-ring (bicyclic) bond motifs is 2. The molecule has 5 aromatic rings. The third-order valence-electron chi connectivity index (χ3n) is 4.85. The average Bonchev–Trinajstić information content (AvgIpc) is 3.34. The first-order valence-corrected chi connectivity index (χ1v) is 8.68. The lowest BCUT2D eigenvalue weighted by atomic mass is 10.0. The van der Waals surface area contributed by atoms with E-state index >= 15 is 0 Å². The van der Waals surface area contributed by atoms with Crippen molar-refractivity contribution in [3.05, 3.63) is 84.4 Å². The van der Waals surface area contributed by atoms with E-state index < -0.39 is 18.2 Å². The third kappa shape index (κ3) is 2.58. The SMILES string of the molecule is OCc1c(F)ccc(-c2ccc3nc(-c4ccc5occc5c4)cn3c2)c1F. The van der Waals surface area contributed by atoms with Gasteiger partial charge >= 0.3 is 0 Å². The molecule has 138 valence electrons. The maximum Gasteiger partial charge on any atom is 0.139 e. The Kier molecular flexibility index (Phi) is 3.74. The number of rotatable bonds is 3. The van der Waals surface area contributed by atoms with E-state index in [4.69, 9.17) is 4.42 Å². The molecule has 0 saturated heterocycles. The maximum absolute atomic E-state index is 14.6. The highest BCUT2D eigenvalue weighted by molar-refractivity contribution is 5.83. The summed E-state index contributed by atoms with van der Waals surface area (Å²) < 4.78 is 35.4. The molecular weight excluding hydrogens is 362 g/mol. The van der Waals surface area contributed by atoms with Gasteiger partial charge in [-0.3, -0.25) is 0 Å². The van der Waals surface area contributed by atoms with Crippen molar-refractivity contribution in [2.75, 3.05) is 0 Å². The number of aliphatic hydroxyl groups excluding tert-OH is 1. The predicted molar refractivity (Wildman–Crippen MR) is 102 cm³/mol. The maximum atomic E-state index is 14.6. The molecule has 0 bridgehead atoms. The summed E-state index contributed by atoms with van der Waals surface area (Å²) >= 11 is 0. The van der Waals surface area contributed by atoms with Crippen molar-refractivity contribution in [2.24, 2.45) is 0 Å². The molecule has 2 aromatic carbocycles. The van der Waals surface area contributed by atoms with Crippen molar-refractivity contribution < 1.29 is 18.3 Å². The summed E-state index contributed by atoms with van der Waals surface area (Å²) in [5, 5.41) is 10.2. The number of imidazole rings is 1. The van der Waals surface area contributed by atoms with Gasteiger partial charge in [-0.1, -0.05) is 0 Å². The van der Waals surface area contributed by atoms with Crippen LogP contribution in [0.15, 0.2) is 71.6 Å². The fourth-order valence-electron chi connectivity index (χ4n) is 3.38. The summed E-state index contributed by atoms with van der Waals surface area (Å²) in [7, 11) is 0. The minimum atomic E-state index is -0.760. The largest absolute Gasteiger partial charge is 0.464 e. The highest BCUT2D eigenvalue weighted by Gasteiger charge is 2.15. The Bertz CT molecular complexity index is 1340. The van der Waals surface area contributed by atoms with Gasteiger partial charge in [-0.2, -0.15) is 0 Å². The van der Waals surface area contributed by atoms with E-state index in [1.165, 1.54) is 6.07 Å². The van der Waals surface area contributed by atoms with Crippen molar-refractivity contribution in [1.82, 2.24) is 9.38 Å². The van der Waals surface area contributed by atoms with Crippen LogP contribution < -0.4 is 0 Å². The van der Waals surface area contributed by atoms with Crippen LogP contribution in [0.4, 0.5) is 8.78 Å². The second-order valence-corrected chi connectivity index (χ2v) is 6.53. The first kappa shape index (κ1) is 16.6. The topological polar surface area (TPSA) is 50.7 Å². The predicted octanol–water partition coefficient (Wildman–Crippen LogP) is 5.19. The zero-order valence-corrected chi connectivity index (χ0v) is 14.6. The van der Waals surface area contributed by atoms with E-state index in [-0.39, 0.29) is 11.1 Å². The molecule has 5 rings (SSSR count). The molecule has 0 unspecified atom stereocenters. The number of hydrogen-bond donors (Lipinski definition) is 1. The number of halogens is 2. The Morgan fingerprint density at radius 2 is 1.82 bits per heavy atom. The zero-order valence-electron chi connectivity index (χ0n) is 14.6. The number of furan rings is 1. The zero-order chi connectivity index (χ0) is 19.3. The van der Waals surface area contributed by atoms with Crippen molar-refractivity contribution in [3.63, 3.8) is 0 Å². The van der Waals surface area contributed by atoms with Gasteiger partial charge in [0.15, 0.2) is 0 Å². The molecule has 3 heterocycles. The normalized spacial score (nSPS) is 11.5. The van der Waals surface area contributed by atoms with E-state index in [1.54, 1.807) is 29.0 Å². The summed E-state index contributed by atoms with van der Waals surface area (Å²) in [6.07, 6.45) is 5.23. The van der Waals surface area contributed by atoms with Gasteiger partial charge < -0.3 is 13.9 Å². The minimum Gasteiger partial charge on any atom is -0.464 e. The average molecular weight is 376 g/mol. The van der Waals surface area contributed by atoms with E-state index in [0.29, 0.717) is 11.2 Å². The van der Waals surface area contributed by atoms with Gasteiger partial charge in [-0.25, -0.2) is 13.8 Å². The van der Waals surface area contributed by atoms with Crippen LogP contribution in [0, 0.1) is 11.6 Å². The Morgan fingerprint density at radius 1 is 0.964 bits per heavy atom. The fraction of sp³-hybridized carbons (Fsp3) is 0.0455. The molecule has 0 spiro atoms. The molecule has 6 heteroatoms.